The number of nitrogens with one attached hydrogen (secondary N) is 2. The van der Waals surface area contributed by atoms with Gasteiger partial charge in [-0.25, -0.2) is 9.97 Å². The summed E-state index contributed by atoms with van der Waals surface area (Å²) in [5, 5.41) is 19.0. The van der Waals surface area contributed by atoms with Gasteiger partial charge < -0.3 is 10.1 Å². The highest BCUT2D eigenvalue weighted by Gasteiger charge is 2.15. The summed E-state index contributed by atoms with van der Waals surface area (Å²) in [6.45, 7) is 4.52. The first-order valence-electron chi connectivity index (χ1n) is 10.7. The highest BCUT2D eigenvalue weighted by atomic mass is 16.5. The molecule has 0 saturated heterocycles. The number of ether oxygens (including phenoxy) is 1. The van der Waals surface area contributed by atoms with Crippen LogP contribution in [0.4, 0.5) is 11.5 Å². The highest BCUT2D eigenvalue weighted by Crippen LogP contribution is 2.27. The molecule has 2 N–H and O–H groups in total. The molecular formula is C24H24N8O. The number of anilines is 2. The Morgan fingerprint density at radius 3 is 2.79 bits per heavy atom. The van der Waals surface area contributed by atoms with Gasteiger partial charge in [-0.15, -0.1) is 5.10 Å². The van der Waals surface area contributed by atoms with Crippen molar-refractivity contribution in [2.45, 2.75) is 20.3 Å². The van der Waals surface area contributed by atoms with E-state index in [0.717, 1.165) is 57.3 Å². The number of fused-ring (bicyclic) bond motifs is 1. The van der Waals surface area contributed by atoms with Crippen LogP contribution < -0.4 is 5.32 Å². The fourth-order valence-electron chi connectivity index (χ4n) is 3.78. The second-order valence-electron chi connectivity index (χ2n) is 7.80. The number of aromatic amines is 1. The molecule has 5 rings (SSSR count). The monoisotopic (exact) mass is 440 g/mol. The minimum Gasteiger partial charge on any atom is -0.384 e. The van der Waals surface area contributed by atoms with Gasteiger partial charge >= 0.3 is 0 Å². The predicted octanol–water partition coefficient (Wildman–Crippen LogP) is 4.15. The lowest BCUT2D eigenvalue weighted by Gasteiger charge is -2.09. The number of nitrogens with zero attached hydrogens (tertiary/aromatic N) is 6. The molecule has 33 heavy (non-hydrogen) atoms. The van der Waals surface area contributed by atoms with E-state index in [9.17, 15) is 0 Å². The van der Waals surface area contributed by atoms with Crippen molar-refractivity contribution < 1.29 is 4.74 Å². The maximum Gasteiger partial charge on any atom is 0.153 e. The number of H-pyrrole nitrogens is 1. The van der Waals surface area contributed by atoms with Gasteiger partial charge in [0.1, 0.15) is 12.1 Å². The minimum atomic E-state index is 0.605. The summed E-state index contributed by atoms with van der Waals surface area (Å²) in [6, 6.07) is 15.8. The Morgan fingerprint density at radius 1 is 1.06 bits per heavy atom. The first-order chi connectivity index (χ1) is 16.1. The van der Waals surface area contributed by atoms with Crippen molar-refractivity contribution in [3.8, 4) is 17.1 Å². The molecular weight excluding hydrogens is 416 g/mol. The van der Waals surface area contributed by atoms with E-state index >= 15 is 0 Å². The quantitative estimate of drug-likeness (QED) is 0.391. The predicted molar refractivity (Wildman–Crippen MR) is 127 cm³/mol. The number of benzene rings is 1. The fraction of sp³-hybridized carbons (Fsp3) is 0.208. The number of hydrogen-bond donors (Lipinski definition) is 2. The second kappa shape index (κ2) is 8.79. The zero-order valence-electron chi connectivity index (χ0n) is 18.7. The summed E-state index contributed by atoms with van der Waals surface area (Å²) in [5.74, 6) is 1.48. The number of methoxy groups -OCH3 is 1. The summed E-state index contributed by atoms with van der Waals surface area (Å²) in [4.78, 5) is 9.52. The van der Waals surface area contributed by atoms with Gasteiger partial charge in [0.2, 0.25) is 0 Å². The number of imidazole rings is 1. The Labute approximate surface area is 190 Å². The zero-order chi connectivity index (χ0) is 22.8. The first kappa shape index (κ1) is 20.8. The van der Waals surface area contributed by atoms with Crippen molar-refractivity contribution in [3.63, 3.8) is 0 Å². The summed E-state index contributed by atoms with van der Waals surface area (Å²) < 4.78 is 7.21. The van der Waals surface area contributed by atoms with Gasteiger partial charge in [-0.2, -0.15) is 10.2 Å². The third-order valence-electron chi connectivity index (χ3n) is 5.42. The minimum absolute atomic E-state index is 0.605. The van der Waals surface area contributed by atoms with Gasteiger partial charge in [-0.3, -0.25) is 9.67 Å². The van der Waals surface area contributed by atoms with E-state index in [1.54, 1.807) is 13.4 Å². The number of aryl methyl sites for hydroxylation is 2. The Kier molecular flexibility index (Phi) is 5.54. The molecule has 0 saturated carbocycles. The van der Waals surface area contributed by atoms with E-state index in [0.29, 0.717) is 12.4 Å². The fourth-order valence-corrected chi connectivity index (χ4v) is 3.78. The van der Waals surface area contributed by atoms with Crippen molar-refractivity contribution in [2.75, 3.05) is 19.0 Å². The number of pyridine rings is 1. The Balaban J connectivity index is 1.47. The van der Waals surface area contributed by atoms with Crippen LogP contribution >= 0.6 is 0 Å². The molecule has 1 aromatic carbocycles. The molecule has 0 bridgehead atoms. The number of rotatable bonds is 7. The lowest BCUT2D eigenvalue weighted by Crippen LogP contribution is -2.00. The molecule has 0 amide bonds. The van der Waals surface area contributed by atoms with Crippen molar-refractivity contribution in [1.29, 1.82) is 0 Å². The molecule has 9 heteroatoms. The van der Waals surface area contributed by atoms with E-state index < -0.39 is 0 Å². The maximum absolute atomic E-state index is 5.23. The maximum atomic E-state index is 5.23. The average molecular weight is 441 g/mol. The molecule has 0 unspecified atom stereocenters. The Hall–Kier alpha value is -4.11. The molecule has 0 aliphatic heterocycles. The second-order valence-corrected chi connectivity index (χ2v) is 7.80. The van der Waals surface area contributed by atoms with Crippen LogP contribution in [0.3, 0.4) is 0 Å². The summed E-state index contributed by atoms with van der Waals surface area (Å²) in [7, 11) is 1.69. The Bertz CT molecular complexity index is 1400. The van der Waals surface area contributed by atoms with E-state index in [2.05, 4.69) is 30.7 Å². The van der Waals surface area contributed by atoms with Gasteiger partial charge in [0.15, 0.2) is 5.82 Å². The largest absolute Gasteiger partial charge is 0.384 e. The SMILES string of the molecule is COCCc1n[nH]c(C)c1-c1cccc(-n2cnc3cc(Nc4ccc(C)nn4)ccc32)n1. The van der Waals surface area contributed by atoms with Gasteiger partial charge in [0, 0.05) is 30.5 Å². The molecule has 4 heterocycles. The molecule has 0 spiro atoms. The molecule has 0 fully saturated rings. The molecule has 166 valence electrons. The third-order valence-corrected chi connectivity index (χ3v) is 5.42. The van der Waals surface area contributed by atoms with Crippen molar-refractivity contribution in [1.82, 2.24) is 34.9 Å². The van der Waals surface area contributed by atoms with E-state index in [-0.39, 0.29) is 0 Å². The molecule has 0 radical (unpaired) electrons. The van der Waals surface area contributed by atoms with Crippen LogP contribution in [0.25, 0.3) is 28.1 Å². The van der Waals surface area contributed by atoms with Crippen LogP contribution in [0.2, 0.25) is 0 Å². The summed E-state index contributed by atoms with van der Waals surface area (Å²) >= 11 is 0. The van der Waals surface area contributed by atoms with Gasteiger partial charge in [-0.05, 0) is 56.3 Å². The number of hydrogen-bond acceptors (Lipinski definition) is 7. The summed E-state index contributed by atoms with van der Waals surface area (Å²) in [5.41, 5.74) is 7.40. The van der Waals surface area contributed by atoms with E-state index in [4.69, 9.17) is 9.72 Å². The first-order valence-corrected chi connectivity index (χ1v) is 10.7. The van der Waals surface area contributed by atoms with Crippen molar-refractivity contribution in [3.05, 3.63) is 71.9 Å². The molecule has 0 aliphatic carbocycles. The topological polar surface area (TPSA) is 106 Å². The smallest absolute Gasteiger partial charge is 0.153 e. The van der Waals surface area contributed by atoms with Crippen molar-refractivity contribution in [2.24, 2.45) is 0 Å². The lowest BCUT2D eigenvalue weighted by atomic mass is 10.1. The normalized spacial score (nSPS) is 11.2. The molecule has 0 aliphatic rings. The summed E-state index contributed by atoms with van der Waals surface area (Å²) in [6.07, 6.45) is 2.51. The van der Waals surface area contributed by atoms with E-state index in [1.165, 1.54) is 0 Å². The average Bonchev–Trinajstić information content (AvgIpc) is 3.42. The Morgan fingerprint density at radius 2 is 1.97 bits per heavy atom. The molecule has 5 aromatic rings. The van der Waals surface area contributed by atoms with Gasteiger partial charge in [0.25, 0.3) is 0 Å². The number of aromatic nitrogens is 7. The lowest BCUT2D eigenvalue weighted by molar-refractivity contribution is 0.201. The van der Waals surface area contributed by atoms with Crippen LogP contribution in [-0.4, -0.2) is 48.6 Å². The van der Waals surface area contributed by atoms with E-state index in [1.807, 2.05) is 66.9 Å². The van der Waals surface area contributed by atoms with Crippen LogP contribution in [0.15, 0.2) is 54.9 Å². The molecule has 9 nitrogen and oxygen atoms in total. The van der Waals surface area contributed by atoms with Crippen LogP contribution in [0, 0.1) is 13.8 Å². The molecule has 4 aromatic heterocycles. The van der Waals surface area contributed by atoms with Crippen LogP contribution in [-0.2, 0) is 11.2 Å². The van der Waals surface area contributed by atoms with Crippen LogP contribution in [0.1, 0.15) is 17.1 Å². The van der Waals surface area contributed by atoms with Crippen molar-refractivity contribution >= 4 is 22.5 Å². The van der Waals surface area contributed by atoms with Crippen LogP contribution in [0.5, 0.6) is 0 Å². The highest BCUT2D eigenvalue weighted by molar-refractivity contribution is 5.82. The third kappa shape index (κ3) is 4.18. The molecule has 0 atom stereocenters. The van der Waals surface area contributed by atoms with Gasteiger partial charge in [0.05, 0.1) is 34.7 Å². The van der Waals surface area contributed by atoms with Gasteiger partial charge in [-0.1, -0.05) is 6.07 Å². The zero-order valence-corrected chi connectivity index (χ0v) is 18.7. The standard InChI is InChI=1S/C24H24N8O/c1-15-7-10-22(31-28-15)26-17-8-9-21-20(13-17)25-14-32(21)23-6-4-5-18(27-23)24-16(2)29-30-19(24)11-12-33-3/h4-10,13-14H,11-12H2,1-3H3,(H,26,31)(H,29,30).